The van der Waals surface area contributed by atoms with Gasteiger partial charge in [0.2, 0.25) is 5.88 Å². The molecule has 0 bridgehead atoms. The molecule has 1 N–H and O–H groups in total. The topological polar surface area (TPSA) is 68.7 Å². The molecule has 5 nitrogen and oxygen atoms in total. The highest BCUT2D eigenvalue weighted by molar-refractivity contribution is 5.78. The fraction of sp³-hybridized carbons (Fsp3) is 0.333. The molecule has 0 aliphatic carbocycles. The SMILES string of the molecule is CCCOC(=O)C(C)c1ccc2c(c1)C(O)c1cccnc1O2. The van der Waals surface area contributed by atoms with E-state index < -0.39 is 12.0 Å². The van der Waals surface area contributed by atoms with Crippen LogP contribution in [0.25, 0.3) is 0 Å². The second-order valence-corrected chi connectivity index (χ2v) is 5.59. The molecule has 0 saturated heterocycles. The molecule has 0 amide bonds. The van der Waals surface area contributed by atoms with Crippen molar-refractivity contribution >= 4 is 5.97 Å². The molecule has 1 aliphatic heterocycles. The van der Waals surface area contributed by atoms with Crippen molar-refractivity contribution < 1.29 is 19.4 Å². The van der Waals surface area contributed by atoms with Gasteiger partial charge in [-0.1, -0.05) is 13.0 Å². The van der Waals surface area contributed by atoms with Crippen LogP contribution >= 0.6 is 0 Å². The number of fused-ring (bicyclic) bond motifs is 2. The van der Waals surface area contributed by atoms with Crippen LogP contribution < -0.4 is 4.74 Å². The maximum Gasteiger partial charge on any atom is 0.313 e. The second-order valence-electron chi connectivity index (χ2n) is 5.59. The number of aliphatic hydroxyl groups excluding tert-OH is 1. The monoisotopic (exact) mass is 313 g/mol. The quantitative estimate of drug-likeness (QED) is 0.877. The molecular weight excluding hydrogens is 294 g/mol. The van der Waals surface area contributed by atoms with Gasteiger partial charge in [0.1, 0.15) is 11.9 Å². The molecule has 0 saturated carbocycles. The van der Waals surface area contributed by atoms with E-state index in [0.717, 1.165) is 12.0 Å². The van der Waals surface area contributed by atoms with Crippen LogP contribution in [0, 0.1) is 0 Å². The molecule has 3 rings (SSSR count). The Labute approximate surface area is 134 Å². The summed E-state index contributed by atoms with van der Waals surface area (Å²) in [5.74, 6) is 0.312. The minimum absolute atomic E-state index is 0.264. The van der Waals surface area contributed by atoms with Gasteiger partial charge in [-0.25, -0.2) is 4.98 Å². The molecule has 2 unspecified atom stereocenters. The van der Waals surface area contributed by atoms with Crippen molar-refractivity contribution in [3.63, 3.8) is 0 Å². The first-order valence-corrected chi connectivity index (χ1v) is 7.73. The number of aromatic nitrogens is 1. The molecule has 1 aliphatic rings. The zero-order valence-electron chi connectivity index (χ0n) is 13.2. The van der Waals surface area contributed by atoms with E-state index in [4.69, 9.17) is 9.47 Å². The molecule has 1 aromatic carbocycles. The molecule has 0 spiro atoms. The van der Waals surface area contributed by atoms with Crippen LogP contribution in [0.2, 0.25) is 0 Å². The maximum absolute atomic E-state index is 12.0. The zero-order chi connectivity index (χ0) is 16.4. The Morgan fingerprint density at radius 2 is 2.22 bits per heavy atom. The van der Waals surface area contributed by atoms with Gasteiger partial charge in [-0.05, 0) is 43.2 Å². The second kappa shape index (κ2) is 6.38. The number of carbonyl (C=O) groups is 1. The lowest BCUT2D eigenvalue weighted by Crippen LogP contribution is -2.15. The third-order valence-electron chi connectivity index (χ3n) is 3.93. The van der Waals surface area contributed by atoms with Gasteiger partial charge in [0, 0.05) is 17.3 Å². The van der Waals surface area contributed by atoms with Crippen LogP contribution in [0.1, 0.15) is 49.0 Å². The molecule has 120 valence electrons. The summed E-state index contributed by atoms with van der Waals surface area (Å²) in [4.78, 5) is 16.2. The summed E-state index contributed by atoms with van der Waals surface area (Å²) in [6.07, 6.45) is 1.59. The summed E-state index contributed by atoms with van der Waals surface area (Å²) in [5, 5.41) is 10.6. The van der Waals surface area contributed by atoms with E-state index in [2.05, 4.69) is 4.98 Å². The van der Waals surface area contributed by atoms with E-state index in [1.807, 2.05) is 13.0 Å². The Hall–Kier alpha value is -2.40. The standard InChI is InChI=1S/C18H19NO4/c1-3-9-22-18(21)11(2)12-6-7-15-14(10-12)16(20)13-5-4-8-19-17(13)23-15/h4-8,10-11,16,20H,3,9H2,1-2H3. The average molecular weight is 313 g/mol. The van der Waals surface area contributed by atoms with E-state index in [9.17, 15) is 9.90 Å². The van der Waals surface area contributed by atoms with Crippen LogP contribution in [-0.2, 0) is 9.53 Å². The molecule has 0 radical (unpaired) electrons. The summed E-state index contributed by atoms with van der Waals surface area (Å²) in [5.41, 5.74) is 2.05. The van der Waals surface area contributed by atoms with Gasteiger partial charge in [0.15, 0.2) is 0 Å². The van der Waals surface area contributed by atoms with Gasteiger partial charge in [-0.3, -0.25) is 4.79 Å². The van der Waals surface area contributed by atoms with E-state index in [-0.39, 0.29) is 5.97 Å². The van der Waals surface area contributed by atoms with Crippen molar-refractivity contribution in [2.24, 2.45) is 0 Å². The number of hydrogen-bond acceptors (Lipinski definition) is 5. The minimum Gasteiger partial charge on any atom is -0.465 e. The molecule has 2 aromatic rings. The van der Waals surface area contributed by atoms with E-state index in [1.54, 1.807) is 37.4 Å². The van der Waals surface area contributed by atoms with Crippen molar-refractivity contribution in [1.82, 2.24) is 4.98 Å². The molecule has 2 atom stereocenters. The lowest BCUT2D eigenvalue weighted by atomic mass is 9.93. The van der Waals surface area contributed by atoms with Crippen LogP contribution in [0.15, 0.2) is 36.5 Å². The van der Waals surface area contributed by atoms with Crippen molar-refractivity contribution in [2.75, 3.05) is 6.61 Å². The predicted octanol–water partition coefficient (Wildman–Crippen LogP) is 3.33. The van der Waals surface area contributed by atoms with Crippen molar-refractivity contribution in [2.45, 2.75) is 32.3 Å². The smallest absolute Gasteiger partial charge is 0.313 e. The third-order valence-corrected chi connectivity index (χ3v) is 3.93. The number of benzene rings is 1. The number of esters is 1. The van der Waals surface area contributed by atoms with Crippen LogP contribution in [0.3, 0.4) is 0 Å². The largest absolute Gasteiger partial charge is 0.465 e. The Kier molecular flexibility index (Phi) is 4.30. The highest BCUT2D eigenvalue weighted by atomic mass is 16.5. The lowest BCUT2D eigenvalue weighted by molar-refractivity contribution is -0.145. The number of pyridine rings is 1. The van der Waals surface area contributed by atoms with Gasteiger partial charge in [-0.15, -0.1) is 0 Å². The third kappa shape index (κ3) is 2.92. The highest BCUT2D eigenvalue weighted by Crippen LogP contribution is 2.42. The van der Waals surface area contributed by atoms with Gasteiger partial charge < -0.3 is 14.6 Å². The van der Waals surface area contributed by atoms with Crippen LogP contribution in [-0.4, -0.2) is 22.7 Å². The predicted molar refractivity (Wildman–Crippen MR) is 84.5 cm³/mol. The van der Waals surface area contributed by atoms with Gasteiger partial charge in [-0.2, -0.15) is 0 Å². The summed E-state index contributed by atoms with van der Waals surface area (Å²) in [6.45, 7) is 4.17. The number of hydrogen-bond donors (Lipinski definition) is 1. The molecule has 23 heavy (non-hydrogen) atoms. The Morgan fingerprint density at radius 1 is 1.39 bits per heavy atom. The summed E-state index contributed by atoms with van der Waals surface area (Å²) in [6, 6.07) is 8.91. The molecule has 5 heteroatoms. The number of aliphatic hydroxyl groups is 1. The molecule has 0 fully saturated rings. The first-order chi connectivity index (χ1) is 11.1. The Balaban J connectivity index is 1.89. The number of ether oxygens (including phenoxy) is 2. The lowest BCUT2D eigenvalue weighted by Gasteiger charge is -2.24. The van der Waals surface area contributed by atoms with Crippen LogP contribution in [0.5, 0.6) is 11.6 Å². The first-order valence-electron chi connectivity index (χ1n) is 7.73. The number of rotatable bonds is 4. The molecule has 1 aromatic heterocycles. The molecule has 2 heterocycles. The maximum atomic E-state index is 12.0. The summed E-state index contributed by atoms with van der Waals surface area (Å²) < 4.78 is 10.9. The van der Waals surface area contributed by atoms with Crippen molar-refractivity contribution in [1.29, 1.82) is 0 Å². The normalized spacial score (nSPS) is 16.7. The first kappa shape index (κ1) is 15.5. The fourth-order valence-corrected chi connectivity index (χ4v) is 2.57. The highest BCUT2D eigenvalue weighted by Gasteiger charge is 2.28. The zero-order valence-corrected chi connectivity index (χ0v) is 13.2. The summed E-state index contributed by atoms with van der Waals surface area (Å²) >= 11 is 0. The van der Waals surface area contributed by atoms with Gasteiger partial charge in [0.25, 0.3) is 0 Å². The van der Waals surface area contributed by atoms with Crippen LogP contribution in [0.4, 0.5) is 0 Å². The van der Waals surface area contributed by atoms with E-state index in [1.165, 1.54) is 0 Å². The summed E-state index contributed by atoms with van der Waals surface area (Å²) in [7, 11) is 0. The fourth-order valence-electron chi connectivity index (χ4n) is 2.57. The number of carbonyl (C=O) groups excluding carboxylic acids is 1. The van der Waals surface area contributed by atoms with Gasteiger partial charge in [0.05, 0.1) is 12.5 Å². The Morgan fingerprint density at radius 3 is 3.00 bits per heavy atom. The van der Waals surface area contributed by atoms with Crippen molar-refractivity contribution in [3.8, 4) is 11.6 Å². The number of nitrogens with zero attached hydrogens (tertiary/aromatic N) is 1. The van der Waals surface area contributed by atoms with E-state index >= 15 is 0 Å². The average Bonchev–Trinajstić information content (AvgIpc) is 2.59. The molecular formula is C18H19NO4. The minimum atomic E-state index is -0.818. The Bertz CT molecular complexity index is 729. The van der Waals surface area contributed by atoms with Gasteiger partial charge >= 0.3 is 5.97 Å². The van der Waals surface area contributed by atoms with Crippen molar-refractivity contribution in [3.05, 3.63) is 53.2 Å². The van der Waals surface area contributed by atoms with E-state index in [0.29, 0.717) is 29.4 Å².